The number of esters is 1. The van der Waals surface area contributed by atoms with Crippen LogP contribution in [0.1, 0.15) is 5.69 Å². The molecule has 2 amide bonds. The summed E-state index contributed by atoms with van der Waals surface area (Å²) in [7, 11) is 0. The van der Waals surface area contributed by atoms with Crippen LogP contribution in [0, 0.1) is 0 Å². The molecule has 1 fully saturated rings. The summed E-state index contributed by atoms with van der Waals surface area (Å²) in [5, 5.41) is 19.3. The zero-order chi connectivity index (χ0) is 23.5. The number of β-lactam (4-membered cyclic amide) rings is 1. The van der Waals surface area contributed by atoms with Crippen molar-refractivity contribution in [2.45, 2.75) is 18.0 Å². The second-order valence-corrected chi connectivity index (χ2v) is 9.82. The van der Waals surface area contributed by atoms with Crippen molar-refractivity contribution < 1.29 is 63.4 Å². The van der Waals surface area contributed by atoms with Gasteiger partial charge in [0, 0.05) is 27.4 Å². The van der Waals surface area contributed by atoms with Crippen molar-refractivity contribution in [2.75, 3.05) is 23.8 Å². The van der Waals surface area contributed by atoms with E-state index in [4.69, 9.17) is 15.3 Å². The number of carboxylic acid groups (broad SMARTS) is 1. The molecule has 3 aliphatic heterocycles. The van der Waals surface area contributed by atoms with Crippen LogP contribution >= 0.6 is 34.9 Å². The summed E-state index contributed by atoms with van der Waals surface area (Å²) in [6, 6.07) is -0.916. The first-order chi connectivity index (χ1) is 15.8. The Hall–Kier alpha value is -2.04. The van der Waals surface area contributed by atoms with Crippen LogP contribution in [0.2, 0.25) is 0 Å². The summed E-state index contributed by atoms with van der Waals surface area (Å²) in [6.45, 7) is 0.221. The summed E-state index contributed by atoms with van der Waals surface area (Å²) in [5.74, 6) is -2.68. The summed E-state index contributed by atoms with van der Waals surface area (Å²) < 4.78 is 4.83. The first kappa shape index (κ1) is 26.6. The fourth-order valence-corrected chi connectivity index (χ4v) is 6.30. The van der Waals surface area contributed by atoms with E-state index in [1.54, 1.807) is 11.5 Å². The molecule has 0 saturated carbocycles. The molecule has 1 saturated heterocycles. The van der Waals surface area contributed by atoms with Crippen molar-refractivity contribution in [3.05, 3.63) is 33.3 Å². The van der Waals surface area contributed by atoms with Crippen LogP contribution in [-0.2, 0) is 35.4 Å². The van der Waals surface area contributed by atoms with Gasteiger partial charge in [-0.15, -0.1) is 34.9 Å². The van der Waals surface area contributed by atoms with E-state index in [2.05, 4.69) is 15.5 Å². The van der Waals surface area contributed by atoms with Gasteiger partial charge in [0.2, 0.25) is 0 Å². The van der Waals surface area contributed by atoms with Crippen LogP contribution in [0.5, 0.6) is 0 Å². The Morgan fingerprint density at radius 1 is 1.47 bits per heavy atom. The van der Waals surface area contributed by atoms with E-state index in [-0.39, 0.29) is 60.0 Å². The van der Waals surface area contributed by atoms with E-state index in [9.17, 15) is 24.3 Å². The van der Waals surface area contributed by atoms with Crippen molar-refractivity contribution in [1.29, 1.82) is 0 Å². The molecule has 3 aliphatic rings. The number of cyclic esters (lactones) is 1. The Morgan fingerprint density at radius 3 is 2.91 bits per heavy atom. The van der Waals surface area contributed by atoms with Crippen molar-refractivity contribution in [1.82, 2.24) is 15.2 Å². The number of carbonyl (C=O) groups is 4. The summed E-state index contributed by atoms with van der Waals surface area (Å²) >= 11 is 3.69. The van der Waals surface area contributed by atoms with E-state index in [1.807, 2.05) is 0 Å². The smallest absolute Gasteiger partial charge is 0.543 e. The minimum atomic E-state index is -1.50. The molecule has 0 bridgehead atoms. The predicted molar refractivity (Wildman–Crippen MR) is 118 cm³/mol. The molecule has 12 nitrogen and oxygen atoms in total. The number of aliphatic carboxylic acids is 1. The molecule has 0 unspecified atom stereocenters. The molecule has 1 aromatic heterocycles. The third kappa shape index (κ3) is 5.78. The van der Waals surface area contributed by atoms with Crippen LogP contribution in [0.3, 0.4) is 0 Å². The largest absolute Gasteiger partial charge is 1.00 e. The molecule has 0 aliphatic carbocycles. The first-order valence-corrected chi connectivity index (χ1v) is 12.3. The number of oxime groups is 1. The van der Waals surface area contributed by atoms with Crippen LogP contribution < -0.4 is 45.7 Å². The third-order valence-electron chi connectivity index (χ3n) is 4.66. The number of thioether (sulfide) groups is 2. The number of fused-ring (bicyclic) bond motifs is 1. The van der Waals surface area contributed by atoms with E-state index in [1.165, 1.54) is 23.1 Å². The average Bonchev–Trinajstić information content (AvgIpc) is 3.40. The summed E-state index contributed by atoms with van der Waals surface area (Å²) in [4.78, 5) is 58.5. The van der Waals surface area contributed by atoms with Gasteiger partial charge in [-0.1, -0.05) is 5.16 Å². The SMILES string of the molecule is Nc1nc(CO/N=C\C(=O)N[C@@H]2C(=O)N3C(C(=O)[O-])=C(SCC4=CCOC4=O)CS[C@@H]23)cs1.[Na+]. The third-order valence-corrected chi connectivity index (χ3v) is 7.99. The monoisotopic (exact) mass is 533 g/mol. The standard InChI is InChI=1S/C18H17N5O7S3.Na/c19-18-21-9(6-33-18)4-30-20-3-11(24)22-12-14(25)23-13(16(26)27)10(7-32-15(12)23)31-5-8-1-2-29-17(8)28;/h1,3,6,12,15H,2,4-5,7H2,(H2,19,21)(H,22,24)(H,26,27);/q;+1/p-1/b20-3-;/t12-,15+;/m1./s1. The first-order valence-electron chi connectivity index (χ1n) is 9.39. The molecule has 0 radical (unpaired) electrons. The number of anilines is 1. The van der Waals surface area contributed by atoms with Gasteiger partial charge in [0.05, 0.1) is 17.4 Å². The number of carbonyl (C=O) groups excluding carboxylic acids is 4. The van der Waals surface area contributed by atoms with Gasteiger partial charge < -0.3 is 30.5 Å². The van der Waals surface area contributed by atoms with E-state index in [0.717, 1.165) is 22.9 Å². The summed E-state index contributed by atoms with van der Waals surface area (Å²) in [5.41, 5.74) is 6.27. The van der Waals surface area contributed by atoms with Crippen molar-refractivity contribution in [3.8, 4) is 0 Å². The molecule has 1 aromatic rings. The maximum Gasteiger partial charge on any atom is 1.00 e. The van der Waals surface area contributed by atoms with E-state index in [0.29, 0.717) is 21.3 Å². The van der Waals surface area contributed by atoms with Crippen molar-refractivity contribution >= 4 is 70.0 Å². The minimum absolute atomic E-state index is 0. The topological polar surface area (TPSA) is 176 Å². The van der Waals surface area contributed by atoms with Crippen LogP contribution in [0.4, 0.5) is 5.13 Å². The average molecular weight is 534 g/mol. The second-order valence-electron chi connectivity index (χ2n) is 6.76. The minimum Gasteiger partial charge on any atom is -0.543 e. The molecule has 16 heteroatoms. The number of nitrogens with zero attached hydrogens (tertiary/aromatic N) is 3. The van der Waals surface area contributed by atoms with Crippen molar-refractivity contribution in [3.63, 3.8) is 0 Å². The Bertz CT molecular complexity index is 1110. The fourth-order valence-electron chi connectivity index (χ4n) is 3.14. The number of thiazole rings is 1. The number of hydrogen-bond donors (Lipinski definition) is 2. The molecule has 0 aromatic carbocycles. The molecule has 3 N–H and O–H groups in total. The zero-order valence-corrected chi connectivity index (χ0v) is 22.2. The number of rotatable bonds is 9. The van der Waals surface area contributed by atoms with Gasteiger partial charge in [-0.05, 0) is 6.08 Å². The molecule has 4 heterocycles. The van der Waals surface area contributed by atoms with Gasteiger partial charge in [0.1, 0.15) is 24.2 Å². The fraction of sp³-hybridized carbons (Fsp3) is 0.333. The van der Waals surface area contributed by atoms with E-state index < -0.39 is 35.2 Å². The van der Waals surface area contributed by atoms with Crippen LogP contribution in [0.25, 0.3) is 0 Å². The maximum absolute atomic E-state index is 12.6. The van der Waals surface area contributed by atoms with Gasteiger partial charge >= 0.3 is 35.5 Å². The molecule has 34 heavy (non-hydrogen) atoms. The number of hydrogen-bond acceptors (Lipinski definition) is 13. The van der Waals surface area contributed by atoms with Crippen molar-refractivity contribution in [2.24, 2.45) is 5.16 Å². The molecular weight excluding hydrogens is 517 g/mol. The Kier molecular flexibility index (Phi) is 9.06. The quantitative estimate of drug-likeness (QED) is 0.103. The Morgan fingerprint density at radius 2 is 2.26 bits per heavy atom. The van der Waals surface area contributed by atoms with E-state index >= 15 is 0 Å². The molecule has 4 rings (SSSR count). The summed E-state index contributed by atoms with van der Waals surface area (Å²) in [6.07, 6.45) is 2.51. The number of ether oxygens (including phenoxy) is 1. The number of carboxylic acids is 1. The molecule has 0 spiro atoms. The van der Waals surface area contributed by atoms with Gasteiger partial charge in [-0.25, -0.2) is 9.78 Å². The Labute approximate surface area is 227 Å². The molecular formula is C18H16N5NaO7S3. The Balaban J connectivity index is 0.00000324. The number of aromatic nitrogens is 1. The van der Waals surface area contributed by atoms with Gasteiger partial charge in [0.15, 0.2) is 11.7 Å². The normalized spacial score (nSPS) is 21.4. The molecule has 2 atom stereocenters. The van der Waals surface area contributed by atoms with Gasteiger partial charge in [-0.3, -0.25) is 14.5 Å². The number of nitrogens with two attached hydrogens (primary N) is 1. The maximum atomic E-state index is 12.6. The zero-order valence-electron chi connectivity index (χ0n) is 17.7. The van der Waals surface area contributed by atoms with Crippen LogP contribution in [0.15, 0.2) is 32.8 Å². The number of nitrogen functional groups attached to an aromatic ring is 1. The number of amides is 2. The van der Waals surface area contributed by atoms with Gasteiger partial charge in [-0.2, -0.15) is 0 Å². The predicted octanol–water partition coefficient (Wildman–Crippen LogP) is -4.19. The van der Waals surface area contributed by atoms with Crippen LogP contribution in [-0.4, -0.2) is 69.4 Å². The second kappa shape index (κ2) is 11.6. The van der Waals surface area contributed by atoms with Gasteiger partial charge in [0.25, 0.3) is 11.8 Å². The number of nitrogens with one attached hydrogen (secondary N) is 1. The molecule has 174 valence electrons.